The van der Waals surface area contributed by atoms with Crippen molar-refractivity contribution in [3.05, 3.63) is 34.9 Å². The summed E-state index contributed by atoms with van der Waals surface area (Å²) < 4.78 is 0. The van der Waals surface area contributed by atoms with Gasteiger partial charge in [-0.15, -0.1) is 0 Å². The Bertz CT molecular complexity index is 364. The lowest BCUT2D eigenvalue weighted by Crippen LogP contribution is -2.24. The topological polar surface area (TPSA) is 52.5 Å². The number of aliphatic hydroxyl groups is 2. The van der Waals surface area contributed by atoms with E-state index in [0.29, 0.717) is 11.8 Å². The normalized spacial score (nSPS) is 14.4. The van der Waals surface area contributed by atoms with E-state index in [9.17, 15) is 5.11 Å². The molecule has 0 aliphatic rings. The zero-order valence-corrected chi connectivity index (χ0v) is 12.8. The number of thioether (sulfide) groups is 1. The first-order valence-electron chi connectivity index (χ1n) is 6.75. The van der Waals surface area contributed by atoms with E-state index in [1.807, 2.05) is 0 Å². The summed E-state index contributed by atoms with van der Waals surface area (Å²) in [5, 5.41) is 21.7. The molecule has 4 heteroatoms. The van der Waals surface area contributed by atoms with Crippen molar-refractivity contribution in [3.63, 3.8) is 0 Å². The third-order valence-corrected chi connectivity index (χ3v) is 4.09. The molecule has 0 radical (unpaired) electrons. The van der Waals surface area contributed by atoms with E-state index in [1.165, 1.54) is 16.7 Å². The Kier molecular flexibility index (Phi) is 7.46. The van der Waals surface area contributed by atoms with E-state index in [-0.39, 0.29) is 6.61 Å². The van der Waals surface area contributed by atoms with Crippen LogP contribution in [0.4, 0.5) is 0 Å². The molecule has 0 spiro atoms. The molecule has 2 unspecified atom stereocenters. The van der Waals surface area contributed by atoms with E-state index >= 15 is 0 Å². The van der Waals surface area contributed by atoms with Gasteiger partial charge in [-0.1, -0.05) is 36.2 Å². The van der Waals surface area contributed by atoms with E-state index in [1.54, 1.807) is 11.8 Å². The third-order valence-electron chi connectivity index (χ3n) is 2.90. The SMILES string of the molecule is CCNC(CSCC(O)CO)c1cc(C)cc(C)c1. The lowest BCUT2D eigenvalue weighted by atomic mass is 10.0. The zero-order chi connectivity index (χ0) is 14.3. The minimum atomic E-state index is -0.619. The summed E-state index contributed by atoms with van der Waals surface area (Å²) in [5.41, 5.74) is 3.85. The average Bonchev–Trinajstić information content (AvgIpc) is 2.36. The second-order valence-corrected chi connectivity index (χ2v) is 5.98. The van der Waals surface area contributed by atoms with Crippen molar-refractivity contribution < 1.29 is 10.2 Å². The molecular weight excluding hydrogens is 258 g/mol. The molecule has 0 bridgehead atoms. The summed E-state index contributed by atoms with van der Waals surface area (Å²) >= 11 is 1.67. The lowest BCUT2D eigenvalue weighted by molar-refractivity contribution is 0.113. The average molecular weight is 283 g/mol. The van der Waals surface area contributed by atoms with Crippen LogP contribution in [-0.2, 0) is 0 Å². The van der Waals surface area contributed by atoms with Crippen LogP contribution in [-0.4, -0.2) is 41.0 Å². The Balaban J connectivity index is 2.65. The van der Waals surface area contributed by atoms with E-state index in [0.717, 1.165) is 12.3 Å². The molecule has 0 fully saturated rings. The molecule has 1 aromatic rings. The van der Waals surface area contributed by atoms with Crippen LogP contribution in [0.5, 0.6) is 0 Å². The molecule has 0 saturated heterocycles. The first-order chi connectivity index (χ1) is 9.06. The van der Waals surface area contributed by atoms with Crippen LogP contribution < -0.4 is 5.32 Å². The first kappa shape index (κ1) is 16.5. The predicted molar refractivity (Wildman–Crippen MR) is 82.8 cm³/mol. The fourth-order valence-electron chi connectivity index (χ4n) is 2.11. The smallest absolute Gasteiger partial charge is 0.0861 e. The highest BCUT2D eigenvalue weighted by Gasteiger charge is 2.12. The van der Waals surface area contributed by atoms with E-state index in [4.69, 9.17) is 5.11 Å². The second-order valence-electron chi connectivity index (χ2n) is 4.91. The van der Waals surface area contributed by atoms with Gasteiger partial charge in [-0.05, 0) is 26.0 Å². The Morgan fingerprint density at radius 1 is 1.16 bits per heavy atom. The fourth-order valence-corrected chi connectivity index (χ4v) is 3.16. The van der Waals surface area contributed by atoms with Gasteiger partial charge in [-0.2, -0.15) is 11.8 Å². The van der Waals surface area contributed by atoms with Gasteiger partial charge in [-0.25, -0.2) is 0 Å². The van der Waals surface area contributed by atoms with Crippen LogP contribution in [0.3, 0.4) is 0 Å². The molecule has 0 aliphatic heterocycles. The van der Waals surface area contributed by atoms with Gasteiger partial charge in [0.25, 0.3) is 0 Å². The molecule has 108 valence electrons. The molecule has 3 N–H and O–H groups in total. The molecule has 0 heterocycles. The van der Waals surface area contributed by atoms with Gasteiger partial charge in [-0.3, -0.25) is 0 Å². The van der Waals surface area contributed by atoms with Crippen molar-refractivity contribution in [2.75, 3.05) is 24.7 Å². The van der Waals surface area contributed by atoms with E-state index in [2.05, 4.69) is 44.3 Å². The monoisotopic (exact) mass is 283 g/mol. The molecule has 1 aromatic carbocycles. The molecular formula is C15H25NO2S. The number of aliphatic hydroxyl groups excluding tert-OH is 2. The number of nitrogens with one attached hydrogen (secondary N) is 1. The lowest BCUT2D eigenvalue weighted by Gasteiger charge is -2.20. The van der Waals surface area contributed by atoms with Gasteiger partial charge in [0.2, 0.25) is 0 Å². The van der Waals surface area contributed by atoms with Gasteiger partial charge in [0.15, 0.2) is 0 Å². The maximum Gasteiger partial charge on any atom is 0.0861 e. The molecule has 0 aliphatic carbocycles. The summed E-state index contributed by atoms with van der Waals surface area (Å²) in [6, 6.07) is 6.89. The van der Waals surface area contributed by atoms with Crippen molar-refractivity contribution >= 4 is 11.8 Å². The van der Waals surface area contributed by atoms with Gasteiger partial charge in [0, 0.05) is 17.5 Å². The van der Waals surface area contributed by atoms with Crippen LogP contribution in [0.15, 0.2) is 18.2 Å². The van der Waals surface area contributed by atoms with Crippen molar-refractivity contribution in [1.82, 2.24) is 5.32 Å². The quantitative estimate of drug-likeness (QED) is 0.683. The molecule has 3 nitrogen and oxygen atoms in total. The van der Waals surface area contributed by atoms with E-state index < -0.39 is 6.10 Å². The summed E-state index contributed by atoms with van der Waals surface area (Å²) in [5.74, 6) is 1.47. The number of rotatable bonds is 8. The molecule has 1 rings (SSSR count). The number of hydrogen-bond donors (Lipinski definition) is 3. The number of aryl methyl sites for hydroxylation is 2. The van der Waals surface area contributed by atoms with Crippen LogP contribution in [0, 0.1) is 13.8 Å². The number of benzene rings is 1. The van der Waals surface area contributed by atoms with Crippen LogP contribution in [0.1, 0.15) is 29.7 Å². The van der Waals surface area contributed by atoms with Gasteiger partial charge >= 0.3 is 0 Å². The summed E-state index contributed by atoms with van der Waals surface area (Å²) in [4.78, 5) is 0. The van der Waals surface area contributed by atoms with Gasteiger partial charge in [0.05, 0.1) is 12.7 Å². The molecule has 19 heavy (non-hydrogen) atoms. The standard InChI is InChI=1S/C15H25NO2S/c1-4-16-15(10-19-9-14(18)8-17)13-6-11(2)5-12(3)7-13/h5-7,14-18H,4,8-10H2,1-3H3. The fraction of sp³-hybridized carbons (Fsp3) is 0.600. The van der Waals surface area contributed by atoms with Crippen LogP contribution in [0.2, 0.25) is 0 Å². The van der Waals surface area contributed by atoms with Gasteiger partial charge in [0.1, 0.15) is 0 Å². The van der Waals surface area contributed by atoms with Crippen LogP contribution >= 0.6 is 11.8 Å². The van der Waals surface area contributed by atoms with Crippen molar-refractivity contribution in [2.45, 2.75) is 32.9 Å². The highest BCUT2D eigenvalue weighted by atomic mass is 32.2. The molecule has 0 aromatic heterocycles. The Labute approximate surface area is 120 Å². The summed E-state index contributed by atoms with van der Waals surface area (Å²) in [6.45, 7) is 7.08. The highest BCUT2D eigenvalue weighted by molar-refractivity contribution is 7.99. The van der Waals surface area contributed by atoms with Crippen molar-refractivity contribution in [3.8, 4) is 0 Å². The number of hydrogen-bond acceptors (Lipinski definition) is 4. The van der Waals surface area contributed by atoms with Gasteiger partial charge < -0.3 is 15.5 Å². The van der Waals surface area contributed by atoms with Crippen molar-refractivity contribution in [1.29, 1.82) is 0 Å². The minimum Gasteiger partial charge on any atom is -0.394 e. The molecule has 2 atom stereocenters. The minimum absolute atomic E-state index is 0.164. The second kappa shape index (κ2) is 8.59. The summed E-state index contributed by atoms with van der Waals surface area (Å²) in [7, 11) is 0. The van der Waals surface area contributed by atoms with Crippen molar-refractivity contribution in [2.24, 2.45) is 0 Å². The predicted octanol–water partition coefficient (Wildman–Crippen LogP) is 2.04. The largest absolute Gasteiger partial charge is 0.394 e. The first-order valence-corrected chi connectivity index (χ1v) is 7.90. The Hall–Kier alpha value is -0.550. The third kappa shape index (κ3) is 5.95. The molecule has 0 amide bonds. The Morgan fingerprint density at radius 3 is 2.32 bits per heavy atom. The maximum absolute atomic E-state index is 9.37. The Morgan fingerprint density at radius 2 is 1.79 bits per heavy atom. The maximum atomic E-state index is 9.37. The zero-order valence-electron chi connectivity index (χ0n) is 12.0. The molecule has 0 saturated carbocycles. The van der Waals surface area contributed by atoms with Crippen LogP contribution in [0.25, 0.3) is 0 Å². The summed E-state index contributed by atoms with van der Waals surface area (Å²) in [6.07, 6.45) is -0.619. The highest BCUT2D eigenvalue weighted by Crippen LogP contribution is 2.21.